The van der Waals surface area contributed by atoms with Crippen LogP contribution >= 0.6 is 11.6 Å². The van der Waals surface area contributed by atoms with E-state index in [9.17, 15) is 31.1 Å². The van der Waals surface area contributed by atoms with Crippen molar-refractivity contribution in [2.45, 2.75) is 24.7 Å². The first kappa shape index (κ1) is 27.3. The lowest BCUT2D eigenvalue weighted by Gasteiger charge is -2.38. The largest absolute Gasteiger partial charge is 0.457 e. The van der Waals surface area contributed by atoms with Crippen LogP contribution in [0.5, 0.6) is 11.5 Å². The molecule has 0 N–H and O–H groups in total. The molecule has 0 fully saturated rings. The van der Waals surface area contributed by atoms with Gasteiger partial charge in [-0.1, -0.05) is 53.6 Å². The van der Waals surface area contributed by atoms with Crippen molar-refractivity contribution in [3.05, 3.63) is 130 Å². The van der Waals surface area contributed by atoms with Crippen LogP contribution < -0.4 is 4.74 Å². The summed E-state index contributed by atoms with van der Waals surface area (Å²) in [7, 11) is 0. The van der Waals surface area contributed by atoms with Crippen LogP contribution in [0.25, 0.3) is 0 Å². The Balaban J connectivity index is 1.62. The lowest BCUT2D eigenvalue weighted by atomic mass is 9.72. The van der Waals surface area contributed by atoms with Crippen molar-refractivity contribution in [2.75, 3.05) is 0 Å². The first-order valence-corrected chi connectivity index (χ1v) is 11.6. The van der Waals surface area contributed by atoms with Gasteiger partial charge in [0.05, 0.1) is 0 Å². The van der Waals surface area contributed by atoms with E-state index in [-0.39, 0.29) is 17.3 Å². The average molecular weight is 549 g/mol. The Labute approximate surface area is 219 Å². The molecule has 196 valence electrons. The molecule has 2 nitrogen and oxygen atoms in total. The van der Waals surface area contributed by atoms with Crippen molar-refractivity contribution in [3.63, 3.8) is 0 Å². The van der Waals surface area contributed by atoms with Crippen molar-refractivity contribution in [3.8, 4) is 11.5 Å². The Bertz CT molecular complexity index is 1390. The summed E-state index contributed by atoms with van der Waals surface area (Å²) in [5.74, 6) is -0.00107. The number of carbonyl (C=O) groups excluding carboxylic acids is 1. The number of ketones is 1. The molecule has 0 aliphatic carbocycles. The topological polar surface area (TPSA) is 26.3 Å². The molecule has 0 amide bonds. The monoisotopic (exact) mass is 548 g/mol. The Morgan fingerprint density at radius 2 is 0.974 bits per heavy atom. The maximum Gasteiger partial charge on any atom is 0.411 e. The van der Waals surface area contributed by atoms with Crippen molar-refractivity contribution in [1.29, 1.82) is 0 Å². The van der Waals surface area contributed by atoms with Gasteiger partial charge in [0.1, 0.15) is 11.5 Å². The second-order valence-corrected chi connectivity index (χ2v) is 9.03. The lowest BCUT2D eigenvalue weighted by Crippen LogP contribution is -2.54. The minimum absolute atomic E-state index is 0.0210. The van der Waals surface area contributed by atoms with Crippen LogP contribution in [0.15, 0.2) is 97.1 Å². The highest BCUT2D eigenvalue weighted by molar-refractivity contribution is 6.30. The summed E-state index contributed by atoms with van der Waals surface area (Å²) in [6.45, 7) is 1.57. The third kappa shape index (κ3) is 5.13. The van der Waals surface area contributed by atoms with Crippen molar-refractivity contribution >= 4 is 17.4 Å². The summed E-state index contributed by atoms with van der Waals surface area (Å²) in [6, 6.07) is 20.0. The summed E-state index contributed by atoms with van der Waals surface area (Å²) >= 11 is 5.84. The number of hydrogen-bond acceptors (Lipinski definition) is 2. The number of rotatable bonds is 6. The molecule has 9 heteroatoms. The zero-order valence-electron chi connectivity index (χ0n) is 19.7. The van der Waals surface area contributed by atoms with Gasteiger partial charge in [0.2, 0.25) is 5.41 Å². The molecule has 0 saturated heterocycles. The molecule has 0 unspecified atom stereocenters. The number of benzene rings is 4. The highest BCUT2D eigenvalue weighted by Gasteiger charge is 2.72. The zero-order chi connectivity index (χ0) is 27.7. The van der Waals surface area contributed by atoms with E-state index in [1.54, 1.807) is 31.2 Å². The number of halogens is 7. The average Bonchev–Trinajstić information content (AvgIpc) is 2.85. The first-order chi connectivity index (χ1) is 17.8. The van der Waals surface area contributed by atoms with Crippen LogP contribution in [0, 0.1) is 6.92 Å². The van der Waals surface area contributed by atoms with E-state index in [1.807, 2.05) is 0 Å². The van der Waals surface area contributed by atoms with Crippen molar-refractivity contribution < 1.29 is 35.9 Å². The fraction of sp³-hybridized carbons (Fsp3) is 0.138. The third-order valence-electron chi connectivity index (χ3n) is 6.08. The highest BCUT2D eigenvalue weighted by atomic mass is 35.5. The Hall–Kier alpha value is -3.78. The molecule has 0 atom stereocenters. The maximum absolute atomic E-state index is 14.3. The molecule has 0 aliphatic heterocycles. The molecule has 4 rings (SSSR count). The van der Waals surface area contributed by atoms with E-state index in [1.165, 1.54) is 36.4 Å². The van der Waals surface area contributed by atoms with Gasteiger partial charge >= 0.3 is 12.4 Å². The molecule has 0 aromatic heterocycles. The third-order valence-corrected chi connectivity index (χ3v) is 6.33. The molecule has 0 heterocycles. The smallest absolute Gasteiger partial charge is 0.411 e. The predicted octanol–water partition coefficient (Wildman–Crippen LogP) is 9.08. The fourth-order valence-electron chi connectivity index (χ4n) is 4.14. The number of ether oxygens (including phenoxy) is 1. The molecule has 38 heavy (non-hydrogen) atoms. The van der Waals surface area contributed by atoms with E-state index in [0.29, 0.717) is 21.7 Å². The van der Waals surface area contributed by atoms with E-state index < -0.39 is 28.9 Å². The quantitative estimate of drug-likeness (QED) is 0.177. The van der Waals surface area contributed by atoms with E-state index >= 15 is 0 Å². The fourth-order valence-corrected chi connectivity index (χ4v) is 4.26. The van der Waals surface area contributed by atoms with Gasteiger partial charge in [0.15, 0.2) is 5.78 Å². The van der Waals surface area contributed by atoms with Gasteiger partial charge in [-0.05, 0) is 78.7 Å². The summed E-state index contributed by atoms with van der Waals surface area (Å²) in [5.41, 5.74) is -4.85. The number of alkyl halides is 6. The van der Waals surface area contributed by atoms with Gasteiger partial charge in [0, 0.05) is 16.1 Å². The van der Waals surface area contributed by atoms with Crippen LogP contribution in [-0.2, 0) is 5.41 Å². The maximum atomic E-state index is 14.3. The van der Waals surface area contributed by atoms with Gasteiger partial charge in [0.25, 0.3) is 0 Å². The SMILES string of the molecule is Cc1ccc(C(c2ccc(Oc3ccc(C(=O)c4ccc(Cl)cc4)cc3)cc2)(C(F)(F)F)C(F)(F)F)cc1. The second-order valence-electron chi connectivity index (χ2n) is 8.60. The van der Waals surface area contributed by atoms with Crippen LogP contribution in [0.3, 0.4) is 0 Å². The predicted molar refractivity (Wildman–Crippen MR) is 132 cm³/mol. The molecule has 0 bridgehead atoms. The number of aryl methyl sites for hydroxylation is 1. The summed E-state index contributed by atoms with van der Waals surface area (Å²) in [5, 5.41) is 0.484. The van der Waals surface area contributed by atoms with Crippen molar-refractivity contribution in [2.24, 2.45) is 0 Å². The molecule has 0 radical (unpaired) electrons. The van der Waals surface area contributed by atoms with Gasteiger partial charge in [-0.15, -0.1) is 0 Å². The molecule has 4 aromatic rings. The van der Waals surface area contributed by atoms with Gasteiger partial charge in [-0.25, -0.2) is 0 Å². The van der Waals surface area contributed by atoms with Gasteiger partial charge in [-0.3, -0.25) is 4.79 Å². The Kier molecular flexibility index (Phi) is 7.30. The van der Waals surface area contributed by atoms with Crippen LogP contribution in [0.1, 0.15) is 32.6 Å². The van der Waals surface area contributed by atoms with E-state index in [0.717, 1.165) is 36.4 Å². The minimum atomic E-state index is -5.67. The van der Waals surface area contributed by atoms with Crippen LogP contribution in [0.2, 0.25) is 5.02 Å². The Morgan fingerprint density at radius 3 is 1.39 bits per heavy atom. The summed E-state index contributed by atoms with van der Waals surface area (Å²) < 4.78 is 91.1. The molecule has 0 saturated carbocycles. The van der Waals surface area contributed by atoms with Gasteiger partial charge < -0.3 is 4.74 Å². The number of carbonyl (C=O) groups is 1. The lowest BCUT2D eigenvalue weighted by molar-refractivity contribution is -0.288. The Morgan fingerprint density at radius 1 is 0.605 bits per heavy atom. The van der Waals surface area contributed by atoms with Crippen LogP contribution in [-0.4, -0.2) is 18.1 Å². The summed E-state index contributed by atoms with van der Waals surface area (Å²) in [6.07, 6.45) is -11.3. The normalized spacial score (nSPS) is 12.3. The van der Waals surface area contributed by atoms with Crippen LogP contribution in [0.4, 0.5) is 26.3 Å². The second kappa shape index (κ2) is 10.2. The zero-order valence-corrected chi connectivity index (χ0v) is 20.5. The molecular formula is C29H19ClF6O2. The highest BCUT2D eigenvalue weighted by Crippen LogP contribution is 2.56. The minimum Gasteiger partial charge on any atom is -0.457 e. The van der Waals surface area contributed by atoms with E-state index in [4.69, 9.17) is 16.3 Å². The number of hydrogen-bond donors (Lipinski definition) is 0. The summed E-state index contributed by atoms with van der Waals surface area (Å²) in [4.78, 5) is 12.6. The first-order valence-electron chi connectivity index (χ1n) is 11.2. The molecule has 0 spiro atoms. The standard InChI is InChI=1S/C29H19ClF6O2/c1-18-2-8-21(9-3-18)27(28(31,32)33,29(34,35)36)22-10-16-25(17-11-22)38-24-14-6-20(7-15-24)26(37)19-4-12-23(30)13-5-19/h2-17H,1H3. The molecule has 0 aliphatic rings. The molecule has 4 aromatic carbocycles. The molecular weight excluding hydrogens is 530 g/mol. The van der Waals surface area contributed by atoms with Crippen molar-refractivity contribution in [1.82, 2.24) is 0 Å². The van der Waals surface area contributed by atoms with Gasteiger partial charge in [-0.2, -0.15) is 26.3 Å². The van der Waals surface area contributed by atoms with E-state index in [2.05, 4.69) is 0 Å².